The van der Waals surface area contributed by atoms with Gasteiger partial charge in [0.2, 0.25) is 0 Å². The van der Waals surface area contributed by atoms with E-state index < -0.39 is 5.91 Å². The largest absolute Gasteiger partial charge is 0.371 e. The first-order chi connectivity index (χ1) is 10.7. The first-order valence-corrected chi connectivity index (χ1v) is 7.71. The molecule has 1 aliphatic rings. The average molecular weight is 295 g/mol. The lowest BCUT2D eigenvalue weighted by molar-refractivity contribution is 0.100. The van der Waals surface area contributed by atoms with Crippen LogP contribution in [0.15, 0.2) is 42.7 Å². The molecule has 4 nitrogen and oxygen atoms in total. The van der Waals surface area contributed by atoms with E-state index in [9.17, 15) is 4.79 Å². The maximum absolute atomic E-state index is 11.6. The summed E-state index contributed by atoms with van der Waals surface area (Å²) in [7, 11) is 0. The van der Waals surface area contributed by atoms with E-state index in [1.54, 1.807) is 12.4 Å². The van der Waals surface area contributed by atoms with Crippen molar-refractivity contribution in [1.82, 2.24) is 4.98 Å². The van der Waals surface area contributed by atoms with Crippen molar-refractivity contribution in [3.05, 3.63) is 59.4 Å². The number of amides is 1. The number of piperidine rings is 1. The summed E-state index contributed by atoms with van der Waals surface area (Å²) in [6, 6.07) is 10.5. The molecule has 0 radical (unpaired) electrons. The number of rotatable bonds is 3. The van der Waals surface area contributed by atoms with Gasteiger partial charge in [0, 0.05) is 25.5 Å². The molecule has 0 bridgehead atoms. The fourth-order valence-corrected chi connectivity index (χ4v) is 3.33. The highest BCUT2D eigenvalue weighted by atomic mass is 16.1. The SMILES string of the molecule is Cc1ccccc1C1CCN(c2ccncc2C(N)=O)CC1. The Balaban J connectivity index is 1.75. The van der Waals surface area contributed by atoms with E-state index in [4.69, 9.17) is 5.73 Å². The van der Waals surface area contributed by atoms with Crippen LogP contribution < -0.4 is 10.6 Å². The Morgan fingerprint density at radius 3 is 2.64 bits per heavy atom. The molecule has 1 amide bonds. The molecule has 22 heavy (non-hydrogen) atoms. The third-order valence-corrected chi connectivity index (χ3v) is 4.53. The van der Waals surface area contributed by atoms with Crippen molar-refractivity contribution in [3.63, 3.8) is 0 Å². The summed E-state index contributed by atoms with van der Waals surface area (Å²) in [5, 5.41) is 0. The maximum atomic E-state index is 11.6. The second-order valence-electron chi connectivity index (χ2n) is 5.87. The van der Waals surface area contributed by atoms with E-state index in [0.29, 0.717) is 11.5 Å². The highest BCUT2D eigenvalue weighted by Gasteiger charge is 2.23. The predicted molar refractivity (Wildman–Crippen MR) is 88.1 cm³/mol. The van der Waals surface area contributed by atoms with E-state index in [2.05, 4.69) is 41.1 Å². The number of aryl methyl sites for hydroxylation is 1. The minimum Gasteiger partial charge on any atom is -0.371 e. The summed E-state index contributed by atoms with van der Waals surface area (Å²) in [5.74, 6) is 0.181. The van der Waals surface area contributed by atoms with Crippen LogP contribution in [-0.4, -0.2) is 24.0 Å². The number of nitrogens with two attached hydrogens (primary N) is 1. The van der Waals surface area contributed by atoms with E-state index in [-0.39, 0.29) is 0 Å². The number of nitrogens with zero attached hydrogens (tertiary/aromatic N) is 2. The molecule has 1 fully saturated rings. The first-order valence-electron chi connectivity index (χ1n) is 7.71. The fourth-order valence-electron chi connectivity index (χ4n) is 3.33. The minimum absolute atomic E-state index is 0.413. The zero-order chi connectivity index (χ0) is 15.5. The van der Waals surface area contributed by atoms with Crippen LogP contribution in [0.3, 0.4) is 0 Å². The number of pyridine rings is 1. The molecule has 2 heterocycles. The van der Waals surface area contributed by atoms with Crippen LogP contribution in [0, 0.1) is 6.92 Å². The molecule has 1 aromatic carbocycles. The molecule has 2 aromatic rings. The van der Waals surface area contributed by atoms with Gasteiger partial charge >= 0.3 is 0 Å². The lowest BCUT2D eigenvalue weighted by atomic mass is 9.86. The number of anilines is 1. The Morgan fingerprint density at radius 1 is 1.23 bits per heavy atom. The van der Waals surface area contributed by atoms with Gasteiger partial charge in [-0.1, -0.05) is 24.3 Å². The highest BCUT2D eigenvalue weighted by Crippen LogP contribution is 2.32. The van der Waals surface area contributed by atoms with E-state index >= 15 is 0 Å². The lowest BCUT2D eigenvalue weighted by Crippen LogP contribution is -2.34. The van der Waals surface area contributed by atoms with Crippen LogP contribution >= 0.6 is 0 Å². The van der Waals surface area contributed by atoms with Crippen molar-refractivity contribution < 1.29 is 4.79 Å². The Morgan fingerprint density at radius 2 is 1.95 bits per heavy atom. The molecule has 0 atom stereocenters. The second-order valence-corrected chi connectivity index (χ2v) is 5.87. The Hall–Kier alpha value is -2.36. The molecule has 1 aliphatic heterocycles. The predicted octanol–water partition coefficient (Wildman–Crippen LogP) is 2.87. The molecule has 4 heteroatoms. The number of primary amides is 1. The number of benzene rings is 1. The number of carbonyl (C=O) groups excluding carboxylic acids is 1. The van der Waals surface area contributed by atoms with Crippen molar-refractivity contribution in [2.75, 3.05) is 18.0 Å². The standard InChI is InChI=1S/C18H21N3O/c1-13-4-2-3-5-15(13)14-7-10-21(11-8-14)17-6-9-20-12-16(17)18(19)22/h2-6,9,12,14H,7-8,10-11H2,1H3,(H2,19,22). The van der Waals surface area contributed by atoms with Gasteiger partial charge in [-0.3, -0.25) is 9.78 Å². The van der Waals surface area contributed by atoms with Crippen LogP contribution in [0.2, 0.25) is 0 Å². The fraction of sp³-hybridized carbons (Fsp3) is 0.333. The van der Waals surface area contributed by atoms with Crippen LogP contribution in [0.1, 0.15) is 40.2 Å². The third kappa shape index (κ3) is 2.82. The van der Waals surface area contributed by atoms with Crippen molar-refractivity contribution in [2.24, 2.45) is 5.73 Å². The molecular formula is C18H21N3O. The quantitative estimate of drug-likeness (QED) is 0.947. The van der Waals surface area contributed by atoms with Gasteiger partial charge in [0.05, 0.1) is 11.3 Å². The van der Waals surface area contributed by atoms with Gasteiger partial charge in [0.25, 0.3) is 5.91 Å². The second kappa shape index (κ2) is 6.18. The van der Waals surface area contributed by atoms with Gasteiger partial charge in [0.15, 0.2) is 0 Å². The summed E-state index contributed by atoms with van der Waals surface area (Å²) in [6.45, 7) is 4.04. The molecule has 0 spiro atoms. The van der Waals surface area contributed by atoms with Gasteiger partial charge in [-0.05, 0) is 42.9 Å². The number of carbonyl (C=O) groups is 1. The van der Waals surface area contributed by atoms with Crippen molar-refractivity contribution in [2.45, 2.75) is 25.7 Å². The number of hydrogen-bond donors (Lipinski definition) is 1. The van der Waals surface area contributed by atoms with Gasteiger partial charge in [-0.15, -0.1) is 0 Å². The normalized spacial score (nSPS) is 15.8. The van der Waals surface area contributed by atoms with Gasteiger partial charge in [-0.2, -0.15) is 0 Å². The smallest absolute Gasteiger partial charge is 0.252 e. The lowest BCUT2D eigenvalue weighted by Gasteiger charge is -2.35. The van der Waals surface area contributed by atoms with Crippen LogP contribution in [0.25, 0.3) is 0 Å². The molecule has 2 N–H and O–H groups in total. The van der Waals surface area contributed by atoms with Crippen molar-refractivity contribution >= 4 is 11.6 Å². The Bertz CT molecular complexity index is 676. The van der Waals surface area contributed by atoms with Gasteiger partial charge < -0.3 is 10.6 Å². The zero-order valence-electron chi connectivity index (χ0n) is 12.8. The summed E-state index contributed by atoms with van der Waals surface area (Å²) >= 11 is 0. The Labute approximate surface area is 131 Å². The van der Waals surface area contributed by atoms with Gasteiger partial charge in [0.1, 0.15) is 0 Å². The zero-order valence-corrected chi connectivity index (χ0v) is 12.8. The molecule has 0 aliphatic carbocycles. The molecule has 0 unspecified atom stereocenters. The summed E-state index contributed by atoms with van der Waals surface area (Å²) in [4.78, 5) is 17.8. The maximum Gasteiger partial charge on any atom is 0.252 e. The monoisotopic (exact) mass is 295 g/mol. The van der Waals surface area contributed by atoms with E-state index in [0.717, 1.165) is 31.6 Å². The van der Waals surface area contributed by atoms with Crippen LogP contribution in [0.4, 0.5) is 5.69 Å². The molecular weight excluding hydrogens is 274 g/mol. The van der Waals surface area contributed by atoms with Crippen molar-refractivity contribution in [3.8, 4) is 0 Å². The van der Waals surface area contributed by atoms with Gasteiger partial charge in [-0.25, -0.2) is 0 Å². The average Bonchev–Trinajstić information content (AvgIpc) is 2.55. The van der Waals surface area contributed by atoms with Crippen LogP contribution in [-0.2, 0) is 0 Å². The summed E-state index contributed by atoms with van der Waals surface area (Å²) in [5.41, 5.74) is 9.69. The molecule has 0 saturated carbocycles. The van der Waals surface area contributed by atoms with Crippen LogP contribution in [0.5, 0.6) is 0 Å². The van der Waals surface area contributed by atoms with E-state index in [1.807, 2.05) is 6.07 Å². The third-order valence-electron chi connectivity index (χ3n) is 4.53. The first kappa shape index (κ1) is 14.6. The van der Waals surface area contributed by atoms with Crippen molar-refractivity contribution in [1.29, 1.82) is 0 Å². The summed E-state index contributed by atoms with van der Waals surface area (Å²) in [6.07, 6.45) is 5.46. The Kier molecular flexibility index (Phi) is 4.09. The topological polar surface area (TPSA) is 59.2 Å². The number of hydrogen-bond acceptors (Lipinski definition) is 3. The highest BCUT2D eigenvalue weighted by molar-refractivity contribution is 5.98. The molecule has 114 valence electrons. The number of aromatic nitrogens is 1. The molecule has 1 saturated heterocycles. The minimum atomic E-state index is -0.413. The molecule has 1 aromatic heterocycles. The summed E-state index contributed by atoms with van der Waals surface area (Å²) < 4.78 is 0. The molecule has 3 rings (SSSR count). The van der Waals surface area contributed by atoms with E-state index in [1.165, 1.54) is 11.1 Å².